The molecule has 0 saturated heterocycles. The van der Waals surface area contributed by atoms with Gasteiger partial charge in [-0.3, -0.25) is 4.99 Å². The molecule has 2 N–H and O–H groups in total. The molecule has 0 spiro atoms. The van der Waals surface area contributed by atoms with Crippen LogP contribution in [0.5, 0.6) is 5.75 Å². The lowest BCUT2D eigenvalue weighted by molar-refractivity contribution is 0.314. The molecule has 1 heterocycles. The van der Waals surface area contributed by atoms with Crippen molar-refractivity contribution in [2.24, 2.45) is 10.7 Å². The van der Waals surface area contributed by atoms with Crippen LogP contribution < -0.4 is 16.1 Å². The van der Waals surface area contributed by atoms with Crippen LogP contribution in [0.25, 0.3) is 11.0 Å². The Hall–Kier alpha value is -2.30. The summed E-state index contributed by atoms with van der Waals surface area (Å²) >= 11 is 0. The Morgan fingerprint density at radius 2 is 2.22 bits per heavy atom. The standard InChI is InChI=1S/C13H14N2O3/c14-9-15-6-3-7-17-12-8-13(16)18-11-5-2-1-4-10(11)12/h1-2,4-5,8-9H,3,6-7H2,(H2,14,15). The van der Waals surface area contributed by atoms with Gasteiger partial charge in [-0.1, -0.05) is 12.1 Å². The molecule has 18 heavy (non-hydrogen) atoms. The summed E-state index contributed by atoms with van der Waals surface area (Å²) in [6.07, 6.45) is 2.01. The van der Waals surface area contributed by atoms with Crippen LogP contribution in [-0.2, 0) is 0 Å². The number of benzene rings is 1. The second kappa shape index (κ2) is 5.86. The van der Waals surface area contributed by atoms with Gasteiger partial charge in [0, 0.05) is 13.0 Å². The Kier molecular flexibility index (Phi) is 3.96. The Morgan fingerprint density at radius 3 is 3.06 bits per heavy atom. The van der Waals surface area contributed by atoms with Crippen LogP contribution in [0.4, 0.5) is 0 Å². The van der Waals surface area contributed by atoms with Crippen LogP contribution in [-0.4, -0.2) is 19.5 Å². The number of para-hydroxylation sites is 1. The first-order valence-corrected chi connectivity index (χ1v) is 5.67. The van der Waals surface area contributed by atoms with Gasteiger partial charge in [0.1, 0.15) is 11.3 Å². The first-order chi connectivity index (χ1) is 8.81. The summed E-state index contributed by atoms with van der Waals surface area (Å²) in [7, 11) is 0. The van der Waals surface area contributed by atoms with Crippen LogP contribution >= 0.6 is 0 Å². The Labute approximate surface area is 104 Å². The highest BCUT2D eigenvalue weighted by Crippen LogP contribution is 2.23. The first kappa shape index (κ1) is 12.2. The lowest BCUT2D eigenvalue weighted by Gasteiger charge is -2.07. The van der Waals surface area contributed by atoms with Crippen LogP contribution in [0.2, 0.25) is 0 Å². The second-order valence-corrected chi connectivity index (χ2v) is 3.68. The third kappa shape index (κ3) is 2.88. The Morgan fingerprint density at radius 1 is 1.39 bits per heavy atom. The van der Waals surface area contributed by atoms with Crippen molar-refractivity contribution in [3.05, 3.63) is 40.8 Å². The van der Waals surface area contributed by atoms with E-state index in [0.717, 1.165) is 11.8 Å². The maximum absolute atomic E-state index is 11.4. The molecule has 5 nitrogen and oxygen atoms in total. The molecule has 94 valence electrons. The molecule has 0 atom stereocenters. The molecule has 5 heteroatoms. The lowest BCUT2D eigenvalue weighted by Crippen LogP contribution is -2.04. The highest BCUT2D eigenvalue weighted by Gasteiger charge is 2.05. The normalized spacial score (nSPS) is 11.1. The van der Waals surface area contributed by atoms with Crippen LogP contribution in [0.3, 0.4) is 0 Å². The summed E-state index contributed by atoms with van der Waals surface area (Å²) in [5.41, 5.74) is 5.24. The maximum atomic E-state index is 11.4. The summed E-state index contributed by atoms with van der Waals surface area (Å²) in [6, 6.07) is 8.63. The fraction of sp³-hybridized carbons (Fsp3) is 0.231. The summed E-state index contributed by atoms with van der Waals surface area (Å²) in [5.74, 6) is 0.540. The van der Waals surface area contributed by atoms with E-state index in [9.17, 15) is 4.79 Å². The molecule has 0 aliphatic rings. The summed E-state index contributed by atoms with van der Waals surface area (Å²) in [4.78, 5) is 15.2. The van der Waals surface area contributed by atoms with E-state index >= 15 is 0 Å². The van der Waals surface area contributed by atoms with Gasteiger partial charge in [0.15, 0.2) is 0 Å². The Balaban J connectivity index is 2.14. The van der Waals surface area contributed by atoms with Crippen LogP contribution in [0, 0.1) is 0 Å². The first-order valence-electron chi connectivity index (χ1n) is 5.67. The number of nitrogens with zero attached hydrogens (tertiary/aromatic N) is 1. The predicted octanol–water partition coefficient (Wildman–Crippen LogP) is 1.55. The minimum absolute atomic E-state index is 0.413. The van der Waals surface area contributed by atoms with Gasteiger partial charge in [0.05, 0.1) is 24.4 Å². The van der Waals surface area contributed by atoms with Crippen molar-refractivity contribution < 1.29 is 9.15 Å². The zero-order valence-corrected chi connectivity index (χ0v) is 9.83. The molecule has 2 aromatic rings. The third-order valence-corrected chi connectivity index (χ3v) is 2.41. The van der Waals surface area contributed by atoms with Gasteiger partial charge in [-0.15, -0.1) is 0 Å². The van der Waals surface area contributed by atoms with Crippen molar-refractivity contribution in [1.82, 2.24) is 0 Å². The summed E-state index contributed by atoms with van der Waals surface area (Å²) in [6.45, 7) is 1.08. The highest BCUT2D eigenvalue weighted by molar-refractivity contribution is 5.82. The number of nitrogens with two attached hydrogens (primary N) is 1. The molecule has 0 aliphatic heterocycles. The van der Waals surface area contributed by atoms with Crippen LogP contribution in [0.1, 0.15) is 6.42 Å². The second-order valence-electron chi connectivity index (χ2n) is 3.68. The van der Waals surface area contributed by atoms with E-state index in [-0.39, 0.29) is 0 Å². The van der Waals surface area contributed by atoms with E-state index in [4.69, 9.17) is 14.9 Å². The molecular weight excluding hydrogens is 232 g/mol. The minimum Gasteiger partial charge on any atom is -0.492 e. The predicted molar refractivity (Wildman–Crippen MR) is 70.1 cm³/mol. The van der Waals surface area contributed by atoms with Crippen molar-refractivity contribution in [3.63, 3.8) is 0 Å². The van der Waals surface area contributed by atoms with E-state index in [2.05, 4.69) is 4.99 Å². The number of ether oxygens (including phenoxy) is 1. The van der Waals surface area contributed by atoms with Crippen molar-refractivity contribution in [3.8, 4) is 5.75 Å². The van der Waals surface area contributed by atoms with Gasteiger partial charge in [-0.05, 0) is 12.1 Å². The SMILES string of the molecule is NC=NCCCOc1cc(=O)oc2ccccc12. The van der Waals surface area contributed by atoms with Crippen molar-refractivity contribution in [1.29, 1.82) is 0 Å². The highest BCUT2D eigenvalue weighted by atomic mass is 16.5. The molecule has 0 amide bonds. The van der Waals surface area contributed by atoms with Crippen molar-refractivity contribution >= 4 is 17.3 Å². The van der Waals surface area contributed by atoms with Gasteiger partial charge in [0.2, 0.25) is 0 Å². The molecule has 1 aromatic heterocycles. The summed E-state index contributed by atoms with van der Waals surface area (Å²) in [5, 5.41) is 0.791. The van der Waals surface area contributed by atoms with Crippen molar-refractivity contribution in [2.75, 3.05) is 13.2 Å². The fourth-order valence-electron chi connectivity index (χ4n) is 1.61. The molecular formula is C13H14N2O3. The molecule has 0 fully saturated rings. The average molecular weight is 246 g/mol. The minimum atomic E-state index is -0.413. The number of fused-ring (bicyclic) bond motifs is 1. The Bertz CT molecular complexity index is 604. The van der Waals surface area contributed by atoms with E-state index < -0.39 is 5.63 Å². The molecule has 0 saturated carbocycles. The molecule has 0 unspecified atom stereocenters. The molecule has 0 bridgehead atoms. The zero-order chi connectivity index (χ0) is 12.8. The topological polar surface area (TPSA) is 77.8 Å². The van der Waals surface area contributed by atoms with E-state index in [1.807, 2.05) is 18.2 Å². The molecule has 0 aliphatic carbocycles. The maximum Gasteiger partial charge on any atom is 0.339 e. The van der Waals surface area contributed by atoms with E-state index in [0.29, 0.717) is 24.5 Å². The van der Waals surface area contributed by atoms with Gasteiger partial charge in [-0.2, -0.15) is 0 Å². The van der Waals surface area contributed by atoms with Gasteiger partial charge in [0.25, 0.3) is 0 Å². The lowest BCUT2D eigenvalue weighted by atomic mass is 10.2. The van der Waals surface area contributed by atoms with Gasteiger partial charge >= 0.3 is 5.63 Å². The monoisotopic (exact) mass is 246 g/mol. The van der Waals surface area contributed by atoms with Crippen molar-refractivity contribution in [2.45, 2.75) is 6.42 Å². The number of hydrogen-bond acceptors (Lipinski definition) is 4. The van der Waals surface area contributed by atoms with Gasteiger partial charge < -0.3 is 14.9 Å². The largest absolute Gasteiger partial charge is 0.492 e. The van der Waals surface area contributed by atoms with E-state index in [1.165, 1.54) is 12.4 Å². The van der Waals surface area contributed by atoms with Crippen LogP contribution in [0.15, 0.2) is 44.5 Å². The number of rotatable bonds is 5. The molecule has 0 radical (unpaired) electrons. The molecule has 2 rings (SSSR count). The quantitative estimate of drug-likeness (QED) is 0.376. The summed E-state index contributed by atoms with van der Waals surface area (Å²) < 4.78 is 10.6. The molecule has 1 aromatic carbocycles. The smallest absolute Gasteiger partial charge is 0.339 e. The number of hydrogen-bond donors (Lipinski definition) is 1. The fourth-order valence-corrected chi connectivity index (χ4v) is 1.61. The van der Waals surface area contributed by atoms with Gasteiger partial charge in [-0.25, -0.2) is 4.79 Å². The third-order valence-electron chi connectivity index (χ3n) is 2.41. The number of aliphatic imine (C=N–C) groups is 1. The van der Waals surface area contributed by atoms with E-state index in [1.54, 1.807) is 6.07 Å². The average Bonchev–Trinajstić information content (AvgIpc) is 2.38. The zero-order valence-electron chi connectivity index (χ0n) is 9.83.